The topological polar surface area (TPSA) is 64.0 Å². The maximum absolute atomic E-state index is 13.8. The van der Waals surface area contributed by atoms with Crippen molar-refractivity contribution < 1.29 is 12.8 Å². The second-order valence-corrected chi connectivity index (χ2v) is 8.02. The average molecular weight is 325 g/mol. The van der Waals surface area contributed by atoms with Crippen molar-refractivity contribution in [3.05, 3.63) is 47.5 Å². The van der Waals surface area contributed by atoms with Gasteiger partial charge in [-0.3, -0.25) is 9.40 Å². The zero-order valence-electron chi connectivity index (χ0n) is 13.1. The van der Waals surface area contributed by atoms with Gasteiger partial charge in [0.05, 0.1) is 23.2 Å². The lowest BCUT2D eigenvalue weighted by atomic mass is 10.1. The normalized spacial score (nSPS) is 12.4. The molecule has 5 nitrogen and oxygen atoms in total. The summed E-state index contributed by atoms with van der Waals surface area (Å²) in [5.41, 5.74) is 1.01. The molecular weight excluding hydrogens is 305 g/mol. The zero-order chi connectivity index (χ0) is 16.5. The van der Waals surface area contributed by atoms with E-state index in [1.807, 2.05) is 20.8 Å². The minimum atomic E-state index is -3.70. The van der Waals surface area contributed by atoms with Crippen LogP contribution in [0, 0.1) is 12.7 Å². The quantitative estimate of drug-likeness (QED) is 0.940. The molecule has 1 heterocycles. The molecule has 0 bridgehead atoms. The third-order valence-electron chi connectivity index (χ3n) is 3.10. The van der Waals surface area contributed by atoms with Crippen LogP contribution in [-0.4, -0.2) is 18.2 Å². The van der Waals surface area contributed by atoms with Crippen molar-refractivity contribution in [2.75, 3.05) is 4.72 Å². The van der Waals surface area contributed by atoms with Crippen LogP contribution in [0.3, 0.4) is 0 Å². The monoisotopic (exact) mass is 325 g/mol. The van der Waals surface area contributed by atoms with E-state index in [0.717, 1.165) is 5.56 Å². The number of hydrogen-bond donors (Lipinski definition) is 1. The van der Waals surface area contributed by atoms with Crippen molar-refractivity contribution in [3.8, 4) is 0 Å². The summed E-state index contributed by atoms with van der Waals surface area (Å²) in [5.74, 6) is -0.935. The fraction of sp³-hybridized carbons (Fsp3) is 0.400. The molecule has 0 fully saturated rings. The molecule has 0 atom stereocenters. The largest absolute Gasteiger partial charge is 0.280 e. The number of aryl methyl sites for hydroxylation is 1. The Morgan fingerprint density at radius 1 is 1.32 bits per heavy atom. The van der Waals surface area contributed by atoms with Crippen molar-refractivity contribution in [2.24, 2.45) is 0 Å². The molecule has 0 aliphatic heterocycles. The van der Waals surface area contributed by atoms with Crippen LogP contribution in [0.25, 0.3) is 0 Å². The second-order valence-electron chi connectivity index (χ2n) is 6.30. The summed E-state index contributed by atoms with van der Waals surface area (Å²) in [4.78, 5) is 0. The van der Waals surface area contributed by atoms with Crippen molar-refractivity contribution in [1.82, 2.24) is 9.78 Å². The van der Waals surface area contributed by atoms with E-state index in [4.69, 9.17) is 0 Å². The van der Waals surface area contributed by atoms with E-state index in [0.29, 0.717) is 5.69 Å². The van der Waals surface area contributed by atoms with Crippen LogP contribution in [0.15, 0.2) is 30.6 Å². The molecule has 0 aliphatic rings. The lowest BCUT2D eigenvalue weighted by molar-refractivity contribution is 0.355. The summed E-state index contributed by atoms with van der Waals surface area (Å²) < 4.78 is 42.2. The van der Waals surface area contributed by atoms with Crippen molar-refractivity contribution in [1.29, 1.82) is 0 Å². The van der Waals surface area contributed by atoms with Gasteiger partial charge in [-0.2, -0.15) is 5.10 Å². The van der Waals surface area contributed by atoms with Crippen molar-refractivity contribution in [2.45, 2.75) is 39.0 Å². The van der Waals surface area contributed by atoms with Gasteiger partial charge in [0.1, 0.15) is 5.82 Å². The smallest absolute Gasteiger partial charge is 0.237 e. The molecule has 1 aromatic carbocycles. The van der Waals surface area contributed by atoms with Crippen molar-refractivity contribution >= 4 is 15.7 Å². The predicted octanol–water partition coefficient (Wildman–Crippen LogP) is 3.03. The van der Waals surface area contributed by atoms with Gasteiger partial charge >= 0.3 is 0 Å². The fourth-order valence-electron chi connectivity index (χ4n) is 1.93. The van der Waals surface area contributed by atoms with E-state index < -0.39 is 21.6 Å². The van der Waals surface area contributed by atoms with Gasteiger partial charge < -0.3 is 0 Å². The molecule has 1 aromatic heterocycles. The van der Waals surface area contributed by atoms with Gasteiger partial charge in [-0.25, -0.2) is 12.8 Å². The summed E-state index contributed by atoms with van der Waals surface area (Å²) in [5, 5.41) is 4.12. The molecule has 120 valence electrons. The first-order valence-electron chi connectivity index (χ1n) is 6.87. The molecule has 0 spiro atoms. The third-order valence-corrected chi connectivity index (χ3v) is 4.34. The van der Waals surface area contributed by atoms with E-state index >= 15 is 0 Å². The number of nitrogens with one attached hydrogen (secondary N) is 1. The Bertz CT molecular complexity index is 776. The maximum atomic E-state index is 13.8. The van der Waals surface area contributed by atoms with Gasteiger partial charge in [0.2, 0.25) is 10.0 Å². The summed E-state index contributed by atoms with van der Waals surface area (Å²) in [6, 6.07) is 4.50. The van der Waals surface area contributed by atoms with Crippen molar-refractivity contribution in [3.63, 3.8) is 0 Å². The number of halogens is 1. The van der Waals surface area contributed by atoms with Gasteiger partial charge in [-0.1, -0.05) is 12.1 Å². The number of nitrogens with zero attached hydrogens (tertiary/aromatic N) is 2. The van der Waals surface area contributed by atoms with Gasteiger partial charge in [-0.05, 0) is 39.3 Å². The van der Waals surface area contributed by atoms with E-state index in [2.05, 4.69) is 9.82 Å². The summed E-state index contributed by atoms with van der Waals surface area (Å²) in [6.07, 6.45) is 3.05. The number of sulfonamides is 1. The molecule has 22 heavy (non-hydrogen) atoms. The number of benzene rings is 1. The van der Waals surface area contributed by atoms with Crippen LogP contribution in [-0.2, 0) is 21.3 Å². The third kappa shape index (κ3) is 4.07. The van der Waals surface area contributed by atoms with E-state index in [1.165, 1.54) is 18.3 Å². The molecule has 0 amide bonds. The summed E-state index contributed by atoms with van der Waals surface area (Å²) >= 11 is 0. The Balaban J connectivity index is 2.16. The van der Waals surface area contributed by atoms with Gasteiger partial charge in [0.15, 0.2) is 0 Å². The highest BCUT2D eigenvalue weighted by Crippen LogP contribution is 2.19. The van der Waals surface area contributed by atoms with Crippen LogP contribution in [0.1, 0.15) is 31.9 Å². The van der Waals surface area contributed by atoms with Crippen LogP contribution in [0.2, 0.25) is 0 Å². The summed E-state index contributed by atoms with van der Waals surface area (Å²) in [6.45, 7) is 7.63. The first-order valence-corrected chi connectivity index (χ1v) is 8.53. The highest BCUT2D eigenvalue weighted by molar-refractivity contribution is 7.91. The highest BCUT2D eigenvalue weighted by atomic mass is 32.2. The number of aromatic nitrogens is 2. The second kappa shape index (κ2) is 5.72. The molecule has 0 radical (unpaired) electrons. The Morgan fingerprint density at radius 3 is 2.55 bits per heavy atom. The van der Waals surface area contributed by atoms with Crippen LogP contribution in [0.5, 0.6) is 0 Å². The van der Waals surface area contributed by atoms with Crippen LogP contribution >= 0.6 is 0 Å². The Morgan fingerprint density at radius 2 is 2.00 bits per heavy atom. The zero-order valence-corrected chi connectivity index (χ0v) is 13.9. The summed E-state index contributed by atoms with van der Waals surface area (Å²) in [7, 11) is -3.70. The first kappa shape index (κ1) is 16.5. The number of anilines is 1. The Labute approximate surface area is 130 Å². The molecule has 7 heteroatoms. The minimum absolute atomic E-state index is 0.140. The molecule has 0 saturated heterocycles. The number of rotatable bonds is 4. The minimum Gasteiger partial charge on any atom is -0.280 e. The van der Waals surface area contributed by atoms with Gasteiger partial charge in [0, 0.05) is 11.8 Å². The maximum Gasteiger partial charge on any atom is 0.237 e. The first-order chi connectivity index (χ1) is 10.1. The van der Waals surface area contributed by atoms with Crippen LogP contribution in [0.4, 0.5) is 10.1 Å². The molecule has 0 saturated carbocycles. The Kier molecular flexibility index (Phi) is 4.28. The van der Waals surface area contributed by atoms with Crippen LogP contribution < -0.4 is 4.72 Å². The highest BCUT2D eigenvalue weighted by Gasteiger charge is 2.18. The Hall–Kier alpha value is -1.89. The molecule has 2 aromatic rings. The van der Waals surface area contributed by atoms with Gasteiger partial charge in [-0.15, -0.1) is 0 Å². The molecular formula is C15H20FN3O2S. The number of hydrogen-bond acceptors (Lipinski definition) is 3. The van der Waals surface area contributed by atoms with E-state index in [-0.39, 0.29) is 11.1 Å². The molecule has 0 unspecified atom stereocenters. The standard InChI is InChI=1S/C15H20FN3O2S/c1-11-5-6-12(14(16)7-11)10-22(20,21)18-13-8-17-19(9-13)15(2,3)4/h5-9,18H,10H2,1-4H3. The fourth-order valence-corrected chi connectivity index (χ4v) is 3.11. The van der Waals surface area contributed by atoms with Gasteiger partial charge in [0.25, 0.3) is 0 Å². The van der Waals surface area contributed by atoms with E-state index in [1.54, 1.807) is 23.9 Å². The predicted molar refractivity (Wildman–Crippen MR) is 84.6 cm³/mol. The molecule has 0 aliphatic carbocycles. The lowest BCUT2D eigenvalue weighted by Crippen LogP contribution is -2.22. The van der Waals surface area contributed by atoms with E-state index in [9.17, 15) is 12.8 Å². The molecule has 1 N–H and O–H groups in total. The average Bonchev–Trinajstić information content (AvgIpc) is 2.80. The SMILES string of the molecule is Cc1ccc(CS(=O)(=O)Nc2cnn(C(C)(C)C)c2)c(F)c1. The molecule has 2 rings (SSSR count). The lowest BCUT2D eigenvalue weighted by Gasteiger charge is -2.18.